The Balaban J connectivity index is 0.776. The number of amides is 5. The molecule has 4 aromatic rings. The van der Waals surface area contributed by atoms with Gasteiger partial charge in [0, 0.05) is 89.5 Å². The monoisotopic (exact) mass is 1030 g/mol. The Labute approximate surface area is 430 Å². The second-order valence-corrected chi connectivity index (χ2v) is 22.8. The van der Waals surface area contributed by atoms with Crippen LogP contribution < -0.4 is 25.6 Å². The summed E-state index contributed by atoms with van der Waals surface area (Å²) in [6, 6.07) is 14.4. The highest BCUT2D eigenvalue weighted by atomic mass is 35.5. The molecule has 12 rings (SSSR count). The number of aromatic nitrogens is 1. The van der Waals surface area contributed by atoms with Gasteiger partial charge in [-0.2, -0.15) is 13.2 Å². The predicted octanol–water partition coefficient (Wildman–Crippen LogP) is 8.13. The molecule has 3 spiro atoms. The van der Waals surface area contributed by atoms with Gasteiger partial charge in [0.1, 0.15) is 29.9 Å². The molecule has 18 heteroatoms. The molecule has 8 aliphatic rings. The number of benzene rings is 3. The van der Waals surface area contributed by atoms with E-state index in [0.717, 1.165) is 49.3 Å². The van der Waals surface area contributed by atoms with E-state index in [9.17, 15) is 32.3 Å². The van der Waals surface area contributed by atoms with E-state index in [0.29, 0.717) is 54.1 Å². The van der Waals surface area contributed by atoms with Crippen LogP contribution in [-0.2, 0) is 32.5 Å². The Kier molecular flexibility index (Phi) is 11.3. The quantitative estimate of drug-likeness (QED) is 0.105. The van der Waals surface area contributed by atoms with Crippen molar-refractivity contribution >= 4 is 52.5 Å². The van der Waals surface area contributed by atoms with Crippen LogP contribution in [0.1, 0.15) is 126 Å². The minimum absolute atomic E-state index is 0.0274. The number of ether oxygens (including phenoxy) is 1. The van der Waals surface area contributed by atoms with Crippen LogP contribution in [0.15, 0.2) is 66.9 Å². The summed E-state index contributed by atoms with van der Waals surface area (Å²) in [6.45, 7) is 6.04. The molecule has 1 aromatic heterocycles. The van der Waals surface area contributed by atoms with Gasteiger partial charge in [0.05, 0.1) is 23.3 Å². The number of piperidine rings is 2. The molecule has 5 atom stereocenters. The Bertz CT molecular complexity index is 3150. The van der Waals surface area contributed by atoms with Gasteiger partial charge in [-0.15, -0.1) is 0 Å². The number of pyridine rings is 1. The third kappa shape index (κ3) is 7.67. The minimum Gasteiger partial charge on any atom is -0.490 e. The molecule has 2 saturated carbocycles. The smallest absolute Gasteiger partial charge is 0.433 e. The van der Waals surface area contributed by atoms with E-state index in [4.69, 9.17) is 16.3 Å². The zero-order valence-electron chi connectivity index (χ0n) is 40.9. The Morgan fingerprint density at radius 3 is 2.47 bits per heavy atom. The fraction of sp³-hybridized carbons (Fsp3) is 0.464. The molecular weight excluding hydrogens is 978 g/mol. The number of hydrogen-bond acceptors (Lipinski definition) is 9. The third-order valence-corrected chi connectivity index (χ3v) is 18.2. The number of carbonyl (C=O) groups excluding carboxylic acids is 5. The van der Waals surface area contributed by atoms with Crippen LogP contribution in [0.3, 0.4) is 0 Å². The molecule has 6 aliphatic heterocycles. The summed E-state index contributed by atoms with van der Waals surface area (Å²) < 4.78 is 65.1. The fourth-order valence-corrected chi connectivity index (χ4v) is 13.8. The molecule has 74 heavy (non-hydrogen) atoms. The van der Waals surface area contributed by atoms with Gasteiger partial charge in [-0.05, 0) is 116 Å². The van der Waals surface area contributed by atoms with Crippen LogP contribution in [-0.4, -0.2) is 94.7 Å². The van der Waals surface area contributed by atoms with Crippen molar-refractivity contribution in [2.24, 2.45) is 16.7 Å². The molecule has 384 valence electrons. The fourth-order valence-electron chi connectivity index (χ4n) is 13.7. The maximum atomic E-state index is 16.7. The Morgan fingerprint density at radius 2 is 1.72 bits per heavy atom. The summed E-state index contributed by atoms with van der Waals surface area (Å²) >= 11 is 6.50. The average Bonchev–Trinajstić information content (AvgIpc) is 3.59. The van der Waals surface area contributed by atoms with Crippen LogP contribution in [0.5, 0.6) is 5.75 Å². The van der Waals surface area contributed by atoms with Crippen molar-refractivity contribution in [3.05, 3.63) is 117 Å². The number of alkyl halides is 3. The predicted molar refractivity (Wildman–Crippen MR) is 265 cm³/mol. The number of nitrogens with zero attached hydrogens (tertiary/aromatic N) is 4. The standard InChI is InChI=1S/C56H54ClF4N7O6/c1-52(2)15-17-54(18-16-52)55(30-63-39-26-43(56(59,60)61)62-28-37(39)55)45(35-7-4-8-38(57)46(35)58)47(65-54)51(73)67-23-24-74-42-25-32(10-12-40(42)67)49(71)66-21-19-53(20-22-66)27-33(53)11-9-31-5-3-6-34-36(31)29-68(50(34)72)41-13-14-44(69)64-48(41)70/h3-8,10,12,25-26,28,33,41,45,47,63,65H,13-24,27,29-30H2,1-2H3,(H,64,69,70)/t33-,41-,45-,47+,55+/m0/s1. The van der Waals surface area contributed by atoms with E-state index >= 15 is 9.18 Å². The van der Waals surface area contributed by atoms with Gasteiger partial charge < -0.3 is 24.8 Å². The highest BCUT2D eigenvalue weighted by molar-refractivity contribution is 6.30. The SMILES string of the molecule is CC1(C)CCC2(CC1)N[C@@H](C(=O)N1CCOc3cc(C(=O)N4CCC5(CC4)C[C@@H]5C#Cc4cccc5c4CN([C@H]4CCC(=O)NC4=O)C5=O)ccc31)[C@H](c1cccc(Cl)c1F)[C@]21CNc2cc(C(F)(F)F)ncc21. The molecule has 7 heterocycles. The van der Waals surface area contributed by atoms with Gasteiger partial charge in [-0.25, -0.2) is 4.39 Å². The van der Waals surface area contributed by atoms with Gasteiger partial charge >= 0.3 is 6.18 Å². The maximum absolute atomic E-state index is 16.7. The van der Waals surface area contributed by atoms with Crippen LogP contribution in [0.4, 0.5) is 28.9 Å². The first kappa shape index (κ1) is 48.4. The van der Waals surface area contributed by atoms with Gasteiger partial charge in [-0.3, -0.25) is 39.6 Å². The maximum Gasteiger partial charge on any atom is 0.433 e. The van der Waals surface area contributed by atoms with Crippen molar-refractivity contribution in [2.75, 3.05) is 43.0 Å². The van der Waals surface area contributed by atoms with Crippen molar-refractivity contribution in [1.29, 1.82) is 0 Å². The number of nitrogens with one attached hydrogen (secondary N) is 3. The number of fused-ring (bicyclic) bond motifs is 5. The summed E-state index contributed by atoms with van der Waals surface area (Å²) in [5.74, 6) is 4.07. The van der Waals surface area contributed by atoms with E-state index in [1.807, 2.05) is 11.0 Å². The van der Waals surface area contributed by atoms with Crippen LogP contribution in [0, 0.1) is 34.4 Å². The highest BCUT2D eigenvalue weighted by Gasteiger charge is 2.70. The number of imide groups is 1. The van der Waals surface area contributed by atoms with E-state index in [1.54, 1.807) is 47.4 Å². The zero-order chi connectivity index (χ0) is 51.7. The number of halogens is 5. The Morgan fingerprint density at radius 1 is 0.946 bits per heavy atom. The summed E-state index contributed by atoms with van der Waals surface area (Å²) in [4.78, 5) is 76.4. The third-order valence-electron chi connectivity index (χ3n) is 18.0. The molecule has 5 amide bonds. The lowest BCUT2D eigenvalue weighted by Crippen LogP contribution is -2.60. The van der Waals surface area contributed by atoms with Gasteiger partial charge in [0.15, 0.2) is 0 Å². The molecule has 3 aromatic carbocycles. The molecule has 3 saturated heterocycles. The average molecular weight is 1030 g/mol. The molecule has 13 nitrogen and oxygen atoms in total. The normalized spacial score (nSPS) is 27.0. The topological polar surface area (TPSA) is 153 Å². The number of hydrogen-bond donors (Lipinski definition) is 3. The summed E-state index contributed by atoms with van der Waals surface area (Å²) in [7, 11) is 0. The second-order valence-electron chi connectivity index (χ2n) is 22.4. The Hall–Kier alpha value is -6.51. The minimum atomic E-state index is -4.70. The summed E-state index contributed by atoms with van der Waals surface area (Å²) in [5, 5.41) is 9.25. The first-order valence-corrected chi connectivity index (χ1v) is 25.9. The van der Waals surface area contributed by atoms with Crippen LogP contribution in [0.25, 0.3) is 0 Å². The summed E-state index contributed by atoms with van der Waals surface area (Å²) in [6.07, 6.45) is 2.06. The highest BCUT2D eigenvalue weighted by Crippen LogP contribution is 2.64. The van der Waals surface area contributed by atoms with E-state index in [2.05, 4.69) is 46.6 Å². The molecular formula is C56H54ClF4N7O6. The zero-order valence-corrected chi connectivity index (χ0v) is 41.7. The van der Waals surface area contributed by atoms with Crippen molar-refractivity contribution < 1.29 is 46.3 Å². The molecule has 2 aliphatic carbocycles. The van der Waals surface area contributed by atoms with E-state index in [-0.39, 0.29) is 95.7 Å². The largest absolute Gasteiger partial charge is 0.490 e. The van der Waals surface area contributed by atoms with Gasteiger partial charge in [-0.1, -0.05) is 55.5 Å². The van der Waals surface area contributed by atoms with Crippen LogP contribution >= 0.6 is 11.6 Å². The molecule has 0 unspecified atom stereocenters. The number of anilines is 2. The van der Waals surface area contributed by atoms with Gasteiger partial charge in [0.25, 0.3) is 11.8 Å². The molecule has 3 N–H and O–H groups in total. The van der Waals surface area contributed by atoms with Crippen molar-refractivity contribution in [3.8, 4) is 17.6 Å². The number of carbonyl (C=O) groups is 5. The molecule has 5 fully saturated rings. The van der Waals surface area contributed by atoms with Crippen molar-refractivity contribution in [3.63, 3.8) is 0 Å². The number of rotatable bonds is 4. The van der Waals surface area contributed by atoms with Gasteiger partial charge in [0.2, 0.25) is 17.7 Å². The first-order valence-electron chi connectivity index (χ1n) is 25.5. The lowest BCUT2D eigenvalue weighted by atomic mass is 9.54. The van der Waals surface area contributed by atoms with Crippen molar-refractivity contribution in [2.45, 2.75) is 113 Å². The lowest BCUT2D eigenvalue weighted by molar-refractivity contribution is -0.141. The van der Waals surface area contributed by atoms with E-state index in [1.165, 1.54) is 17.2 Å². The first-order chi connectivity index (χ1) is 35.3. The second kappa shape index (κ2) is 17.3. The molecule has 0 bridgehead atoms. The number of likely N-dealkylation sites (tertiary alicyclic amines) is 1. The summed E-state index contributed by atoms with van der Waals surface area (Å²) in [5.41, 5.74) is 0.690. The van der Waals surface area contributed by atoms with E-state index < -0.39 is 52.6 Å². The molecule has 0 radical (unpaired) electrons. The van der Waals surface area contributed by atoms with Crippen LogP contribution in [0.2, 0.25) is 5.02 Å². The van der Waals surface area contributed by atoms with Crippen molar-refractivity contribution in [1.82, 2.24) is 25.4 Å². The lowest BCUT2D eigenvalue weighted by Gasteiger charge is -2.51.